The van der Waals surface area contributed by atoms with Gasteiger partial charge in [0.05, 0.1) is 11.7 Å². The minimum atomic E-state index is -0.114. The number of carbonyl (C=O) groups excluding carboxylic acids is 1. The third-order valence-corrected chi connectivity index (χ3v) is 7.44. The monoisotopic (exact) mass is 452 g/mol. The van der Waals surface area contributed by atoms with Crippen molar-refractivity contribution >= 4 is 33.3 Å². The summed E-state index contributed by atoms with van der Waals surface area (Å²) >= 11 is 1.62. The van der Waals surface area contributed by atoms with E-state index < -0.39 is 0 Å². The molecule has 3 aromatic rings. The maximum Gasteiger partial charge on any atom is 0.262 e. The minimum absolute atomic E-state index is 0.0166. The van der Waals surface area contributed by atoms with Crippen LogP contribution in [0.15, 0.2) is 15.5 Å². The standard InChI is InChI=1S/C22H24N6O3S/c1-14-25-16(11-23)22(31-14)27-9-7-26(8-10-27)18(29)12-28-13-24-20-19(21(28)30)15-5-3-2-4-6-17(15)32-20/h13H,2-10,12H2,1H3. The molecule has 0 unspecified atom stereocenters. The number of rotatable bonds is 3. The maximum atomic E-state index is 13.2. The van der Waals surface area contributed by atoms with Crippen molar-refractivity contribution in [3.8, 4) is 6.07 Å². The van der Waals surface area contributed by atoms with Crippen molar-refractivity contribution in [3.63, 3.8) is 0 Å². The number of fused-ring (bicyclic) bond motifs is 3. The fourth-order valence-electron chi connectivity index (χ4n) is 4.58. The molecule has 10 heteroatoms. The predicted octanol–water partition coefficient (Wildman–Crippen LogP) is 2.24. The van der Waals surface area contributed by atoms with Crippen LogP contribution >= 0.6 is 11.3 Å². The highest BCUT2D eigenvalue weighted by Crippen LogP contribution is 2.32. The highest BCUT2D eigenvalue weighted by molar-refractivity contribution is 7.18. The fourth-order valence-corrected chi connectivity index (χ4v) is 5.80. The molecule has 166 valence electrons. The summed E-state index contributed by atoms with van der Waals surface area (Å²) in [7, 11) is 0. The number of carbonyl (C=O) groups is 1. The Morgan fingerprint density at radius 3 is 2.78 bits per heavy atom. The van der Waals surface area contributed by atoms with Gasteiger partial charge in [-0.25, -0.2) is 9.97 Å². The van der Waals surface area contributed by atoms with Crippen molar-refractivity contribution < 1.29 is 9.21 Å². The molecule has 1 aliphatic carbocycles. The quantitative estimate of drug-likeness (QED) is 0.561. The highest BCUT2D eigenvalue weighted by atomic mass is 32.1. The normalized spacial score (nSPS) is 16.6. The van der Waals surface area contributed by atoms with Crippen molar-refractivity contribution in [1.82, 2.24) is 19.4 Å². The summed E-state index contributed by atoms with van der Waals surface area (Å²) < 4.78 is 7.02. The van der Waals surface area contributed by atoms with Crippen molar-refractivity contribution in [3.05, 3.63) is 38.7 Å². The maximum absolute atomic E-state index is 13.2. The van der Waals surface area contributed by atoms with Crippen LogP contribution in [0.2, 0.25) is 0 Å². The molecule has 0 atom stereocenters. The summed E-state index contributed by atoms with van der Waals surface area (Å²) in [4.78, 5) is 40.5. The molecule has 32 heavy (non-hydrogen) atoms. The van der Waals surface area contributed by atoms with Crippen LogP contribution in [0.25, 0.3) is 10.2 Å². The van der Waals surface area contributed by atoms with Crippen LogP contribution in [-0.4, -0.2) is 51.5 Å². The zero-order chi connectivity index (χ0) is 22.2. The highest BCUT2D eigenvalue weighted by Gasteiger charge is 2.26. The molecule has 0 saturated carbocycles. The second-order valence-corrected chi connectivity index (χ2v) is 9.37. The van der Waals surface area contributed by atoms with E-state index in [1.54, 1.807) is 23.2 Å². The zero-order valence-electron chi connectivity index (χ0n) is 18.0. The van der Waals surface area contributed by atoms with Gasteiger partial charge in [-0.05, 0) is 31.2 Å². The Labute approximate surface area is 188 Å². The minimum Gasteiger partial charge on any atom is -0.424 e. The van der Waals surface area contributed by atoms with Gasteiger partial charge < -0.3 is 14.2 Å². The number of aryl methyl sites for hydroxylation is 3. The third-order valence-electron chi connectivity index (χ3n) is 6.24. The van der Waals surface area contributed by atoms with Gasteiger partial charge in [-0.3, -0.25) is 14.2 Å². The van der Waals surface area contributed by atoms with E-state index in [2.05, 4.69) is 16.0 Å². The van der Waals surface area contributed by atoms with E-state index in [9.17, 15) is 14.9 Å². The Morgan fingerprint density at radius 2 is 2.00 bits per heavy atom. The van der Waals surface area contributed by atoms with E-state index in [0.29, 0.717) is 43.3 Å². The van der Waals surface area contributed by atoms with Gasteiger partial charge in [0.1, 0.15) is 17.4 Å². The number of nitriles is 1. The Morgan fingerprint density at radius 1 is 1.22 bits per heavy atom. The van der Waals surface area contributed by atoms with Gasteiger partial charge >= 0.3 is 0 Å². The lowest BCUT2D eigenvalue weighted by atomic mass is 10.1. The van der Waals surface area contributed by atoms with Gasteiger partial charge in [-0.2, -0.15) is 5.26 Å². The molecule has 1 aliphatic heterocycles. The fraction of sp³-hybridized carbons (Fsp3) is 0.500. The van der Waals surface area contributed by atoms with E-state index in [4.69, 9.17) is 4.42 Å². The van der Waals surface area contributed by atoms with Crippen molar-refractivity contribution in [2.75, 3.05) is 31.1 Å². The summed E-state index contributed by atoms with van der Waals surface area (Å²) in [6, 6.07) is 2.05. The van der Waals surface area contributed by atoms with E-state index in [0.717, 1.165) is 36.1 Å². The lowest BCUT2D eigenvalue weighted by Crippen LogP contribution is -2.50. The van der Waals surface area contributed by atoms with Crippen LogP contribution in [0, 0.1) is 18.3 Å². The SMILES string of the molecule is Cc1nc(C#N)c(N2CCN(C(=O)Cn3cnc4sc5c(c4c3=O)CCCCC5)CC2)o1. The smallest absolute Gasteiger partial charge is 0.262 e. The largest absolute Gasteiger partial charge is 0.424 e. The first-order chi connectivity index (χ1) is 15.5. The third kappa shape index (κ3) is 3.66. The van der Waals surface area contributed by atoms with Gasteiger partial charge in [-0.1, -0.05) is 6.42 Å². The first-order valence-corrected chi connectivity index (χ1v) is 11.8. The van der Waals surface area contributed by atoms with Crippen LogP contribution in [0.5, 0.6) is 0 Å². The molecule has 0 spiro atoms. The number of nitrogens with zero attached hydrogens (tertiary/aromatic N) is 6. The van der Waals surface area contributed by atoms with Gasteiger partial charge in [0.25, 0.3) is 5.56 Å². The Bertz CT molecular complexity index is 1280. The number of piperazine rings is 1. The molecule has 9 nitrogen and oxygen atoms in total. The zero-order valence-corrected chi connectivity index (χ0v) is 18.8. The van der Waals surface area contributed by atoms with Gasteiger partial charge in [0, 0.05) is 38.0 Å². The molecule has 3 aromatic heterocycles. The molecule has 1 saturated heterocycles. The van der Waals surface area contributed by atoms with E-state index in [1.807, 2.05) is 4.90 Å². The van der Waals surface area contributed by atoms with Crippen molar-refractivity contribution in [2.24, 2.45) is 0 Å². The van der Waals surface area contributed by atoms with Gasteiger partial charge in [0.15, 0.2) is 5.89 Å². The summed E-state index contributed by atoms with van der Waals surface area (Å²) in [5.41, 5.74) is 1.30. The van der Waals surface area contributed by atoms with Gasteiger partial charge in [0.2, 0.25) is 17.5 Å². The first kappa shape index (κ1) is 20.7. The number of hydrogen-bond acceptors (Lipinski definition) is 8. The number of hydrogen-bond donors (Lipinski definition) is 0. The predicted molar refractivity (Wildman–Crippen MR) is 120 cm³/mol. The summed E-state index contributed by atoms with van der Waals surface area (Å²) in [6.45, 7) is 3.75. The summed E-state index contributed by atoms with van der Waals surface area (Å²) in [5, 5.41) is 9.95. The number of aromatic nitrogens is 3. The molecule has 5 rings (SSSR count). The Hall–Kier alpha value is -3.19. The molecule has 0 bridgehead atoms. The van der Waals surface area contributed by atoms with Gasteiger partial charge in [-0.15, -0.1) is 11.3 Å². The van der Waals surface area contributed by atoms with Crippen LogP contribution in [-0.2, 0) is 24.2 Å². The van der Waals surface area contributed by atoms with E-state index in [-0.39, 0.29) is 23.7 Å². The molecule has 0 N–H and O–H groups in total. The lowest BCUT2D eigenvalue weighted by molar-refractivity contribution is -0.132. The Kier molecular flexibility index (Phi) is 5.43. The van der Waals surface area contributed by atoms with Crippen LogP contribution in [0.4, 0.5) is 5.88 Å². The second kappa shape index (κ2) is 8.39. The van der Waals surface area contributed by atoms with E-state index in [1.165, 1.54) is 22.2 Å². The molecule has 0 aromatic carbocycles. The number of amides is 1. The van der Waals surface area contributed by atoms with Crippen LogP contribution in [0.3, 0.4) is 0 Å². The number of anilines is 1. The average molecular weight is 453 g/mol. The van der Waals surface area contributed by atoms with Crippen molar-refractivity contribution in [2.45, 2.75) is 45.6 Å². The van der Waals surface area contributed by atoms with Crippen LogP contribution < -0.4 is 10.5 Å². The molecule has 1 amide bonds. The molecule has 1 fully saturated rings. The van der Waals surface area contributed by atoms with Crippen LogP contribution in [0.1, 0.15) is 41.3 Å². The molecule has 4 heterocycles. The molecular weight excluding hydrogens is 428 g/mol. The summed E-state index contributed by atoms with van der Waals surface area (Å²) in [6.07, 6.45) is 6.86. The summed E-state index contributed by atoms with van der Waals surface area (Å²) in [5.74, 6) is 0.799. The topological polar surface area (TPSA) is 108 Å². The number of thiophene rings is 1. The molecular formula is C22H24N6O3S. The molecule has 0 radical (unpaired) electrons. The number of oxazole rings is 1. The molecule has 2 aliphatic rings. The van der Waals surface area contributed by atoms with E-state index >= 15 is 0 Å². The van der Waals surface area contributed by atoms with Crippen molar-refractivity contribution in [1.29, 1.82) is 5.26 Å². The first-order valence-electron chi connectivity index (χ1n) is 10.9. The second-order valence-electron chi connectivity index (χ2n) is 8.29. The Balaban J connectivity index is 1.30. The lowest BCUT2D eigenvalue weighted by Gasteiger charge is -2.34. The average Bonchev–Trinajstić information content (AvgIpc) is 3.27.